The van der Waals surface area contributed by atoms with Crippen LogP contribution in [0.25, 0.3) is 5.82 Å². The van der Waals surface area contributed by atoms with Crippen LogP contribution in [0.5, 0.6) is 5.88 Å². The maximum Gasteiger partial charge on any atom is 0.434 e. The van der Waals surface area contributed by atoms with E-state index in [0.717, 1.165) is 11.1 Å². The van der Waals surface area contributed by atoms with E-state index in [1.165, 1.54) is 31.2 Å². The smallest absolute Gasteiger partial charge is 0.434 e. The Kier molecular flexibility index (Phi) is 6.77. The van der Waals surface area contributed by atoms with Gasteiger partial charge in [0.25, 0.3) is 5.91 Å². The van der Waals surface area contributed by atoms with E-state index in [0.29, 0.717) is 17.8 Å². The second kappa shape index (κ2) is 8.88. The van der Waals surface area contributed by atoms with Gasteiger partial charge in [-0.05, 0) is 19.9 Å². The quantitative estimate of drug-likeness (QED) is 0.684. The van der Waals surface area contributed by atoms with Crippen LogP contribution < -0.4 is 4.74 Å². The average Bonchev–Trinajstić information content (AvgIpc) is 3.14. The van der Waals surface area contributed by atoms with Crippen LogP contribution in [-0.2, 0) is 11.0 Å². The van der Waals surface area contributed by atoms with E-state index in [4.69, 9.17) is 4.74 Å². The molecule has 0 saturated carbocycles. The minimum atomic E-state index is -4.90. The first-order chi connectivity index (χ1) is 13.6. The standard InChI is InChI=1S/C17H21F3N6O3/c1-5-25(6-2)14(27)10-24(3)16(28)11-9-21-26(15(11)17(18,19)20)12-7-8-13(29-4)23-22-12/h7-9H,5-6,10H2,1-4H3. The first-order valence-electron chi connectivity index (χ1n) is 8.70. The van der Waals surface area contributed by atoms with Gasteiger partial charge in [-0.2, -0.15) is 18.3 Å². The molecular formula is C17H21F3N6O3. The fraction of sp³-hybridized carbons (Fsp3) is 0.471. The number of halogens is 3. The molecule has 158 valence electrons. The number of carbonyl (C=O) groups excluding carboxylic acids is 2. The molecule has 0 spiro atoms. The second-order valence-corrected chi connectivity index (χ2v) is 5.98. The van der Waals surface area contributed by atoms with E-state index in [-0.39, 0.29) is 24.1 Å². The van der Waals surface area contributed by atoms with Crippen LogP contribution in [0, 0.1) is 0 Å². The molecule has 2 amide bonds. The lowest BCUT2D eigenvalue weighted by molar-refractivity contribution is -0.143. The number of nitrogens with zero attached hydrogens (tertiary/aromatic N) is 6. The number of hydrogen-bond donors (Lipinski definition) is 0. The Labute approximate surface area is 165 Å². The summed E-state index contributed by atoms with van der Waals surface area (Å²) >= 11 is 0. The van der Waals surface area contributed by atoms with Gasteiger partial charge in [-0.1, -0.05) is 0 Å². The highest BCUT2D eigenvalue weighted by Crippen LogP contribution is 2.33. The van der Waals surface area contributed by atoms with Crippen molar-refractivity contribution in [1.29, 1.82) is 0 Å². The van der Waals surface area contributed by atoms with Crippen molar-refractivity contribution in [2.75, 3.05) is 33.8 Å². The van der Waals surface area contributed by atoms with Crippen LogP contribution in [-0.4, -0.2) is 75.4 Å². The van der Waals surface area contributed by atoms with Crippen LogP contribution in [0.1, 0.15) is 29.9 Å². The summed E-state index contributed by atoms with van der Waals surface area (Å²) in [6.45, 7) is 4.04. The molecule has 2 heterocycles. The van der Waals surface area contributed by atoms with Gasteiger partial charge in [0.05, 0.1) is 25.4 Å². The largest absolute Gasteiger partial charge is 0.480 e. The van der Waals surface area contributed by atoms with Gasteiger partial charge < -0.3 is 14.5 Å². The minimum absolute atomic E-state index is 0.111. The fourth-order valence-electron chi connectivity index (χ4n) is 2.64. The molecule has 0 aliphatic heterocycles. The number of hydrogen-bond acceptors (Lipinski definition) is 6. The topological polar surface area (TPSA) is 93.5 Å². The van der Waals surface area contributed by atoms with E-state index in [1.54, 1.807) is 13.8 Å². The monoisotopic (exact) mass is 414 g/mol. The third-order valence-electron chi connectivity index (χ3n) is 4.16. The van der Waals surface area contributed by atoms with Crippen molar-refractivity contribution in [3.05, 3.63) is 29.6 Å². The average molecular weight is 414 g/mol. The number of methoxy groups -OCH3 is 1. The lowest BCUT2D eigenvalue weighted by Gasteiger charge is -2.23. The Bertz CT molecular complexity index is 862. The van der Waals surface area contributed by atoms with E-state index in [1.807, 2.05) is 0 Å². The second-order valence-electron chi connectivity index (χ2n) is 5.98. The van der Waals surface area contributed by atoms with Crippen molar-refractivity contribution in [1.82, 2.24) is 29.8 Å². The van der Waals surface area contributed by atoms with Crippen molar-refractivity contribution >= 4 is 11.8 Å². The van der Waals surface area contributed by atoms with Crippen molar-refractivity contribution in [3.8, 4) is 11.7 Å². The SMILES string of the molecule is CCN(CC)C(=O)CN(C)C(=O)c1cnn(-c2ccc(OC)nn2)c1C(F)(F)F. The fourth-order valence-corrected chi connectivity index (χ4v) is 2.64. The molecule has 29 heavy (non-hydrogen) atoms. The molecule has 0 atom stereocenters. The molecule has 0 saturated heterocycles. The molecule has 0 aliphatic carbocycles. The third kappa shape index (κ3) is 4.81. The maximum absolute atomic E-state index is 13.7. The number of carbonyl (C=O) groups is 2. The van der Waals surface area contributed by atoms with Crippen LogP contribution in [0.2, 0.25) is 0 Å². The number of ether oxygens (including phenoxy) is 1. The molecule has 0 fully saturated rings. The normalized spacial score (nSPS) is 11.3. The lowest BCUT2D eigenvalue weighted by Crippen LogP contribution is -2.41. The van der Waals surface area contributed by atoms with E-state index < -0.39 is 23.3 Å². The van der Waals surface area contributed by atoms with E-state index in [9.17, 15) is 22.8 Å². The molecule has 0 bridgehead atoms. The van der Waals surface area contributed by atoms with Gasteiger partial charge in [0.1, 0.15) is 0 Å². The van der Waals surface area contributed by atoms with E-state index in [2.05, 4.69) is 15.3 Å². The van der Waals surface area contributed by atoms with Crippen molar-refractivity contribution in [3.63, 3.8) is 0 Å². The highest BCUT2D eigenvalue weighted by atomic mass is 19.4. The number of rotatable bonds is 7. The highest BCUT2D eigenvalue weighted by molar-refractivity contribution is 5.97. The van der Waals surface area contributed by atoms with Crippen LogP contribution in [0.4, 0.5) is 13.2 Å². The van der Waals surface area contributed by atoms with Crippen LogP contribution in [0.3, 0.4) is 0 Å². The first kappa shape index (κ1) is 22.1. The molecule has 12 heteroatoms. The summed E-state index contributed by atoms with van der Waals surface area (Å²) in [5.74, 6) is -1.47. The molecule has 0 aromatic carbocycles. The summed E-state index contributed by atoms with van der Waals surface area (Å²) in [6.07, 6.45) is -4.09. The number of aromatic nitrogens is 4. The zero-order valence-corrected chi connectivity index (χ0v) is 16.4. The van der Waals surface area contributed by atoms with Gasteiger partial charge >= 0.3 is 6.18 Å². The minimum Gasteiger partial charge on any atom is -0.480 e. The van der Waals surface area contributed by atoms with Crippen LogP contribution >= 0.6 is 0 Å². The molecule has 0 unspecified atom stereocenters. The molecule has 2 aromatic rings. The van der Waals surface area contributed by atoms with Crippen molar-refractivity contribution < 1.29 is 27.5 Å². The zero-order valence-electron chi connectivity index (χ0n) is 16.4. The molecule has 2 rings (SSSR count). The Morgan fingerprint density at radius 2 is 1.83 bits per heavy atom. The number of amides is 2. The van der Waals surface area contributed by atoms with Crippen molar-refractivity contribution in [2.45, 2.75) is 20.0 Å². The van der Waals surface area contributed by atoms with Crippen molar-refractivity contribution in [2.24, 2.45) is 0 Å². The van der Waals surface area contributed by atoms with Crippen LogP contribution in [0.15, 0.2) is 18.3 Å². The Morgan fingerprint density at radius 3 is 2.31 bits per heavy atom. The summed E-state index contributed by atoms with van der Waals surface area (Å²) in [7, 11) is 2.60. The summed E-state index contributed by atoms with van der Waals surface area (Å²) in [4.78, 5) is 27.2. The summed E-state index contributed by atoms with van der Waals surface area (Å²) in [6, 6.07) is 2.55. The Balaban J connectivity index is 2.38. The summed E-state index contributed by atoms with van der Waals surface area (Å²) in [5.41, 5.74) is -1.99. The Hall–Kier alpha value is -3.18. The predicted molar refractivity (Wildman–Crippen MR) is 95.6 cm³/mol. The van der Waals surface area contributed by atoms with E-state index >= 15 is 0 Å². The molecule has 0 N–H and O–H groups in total. The molecule has 0 radical (unpaired) electrons. The van der Waals surface area contributed by atoms with Gasteiger partial charge in [0.15, 0.2) is 11.5 Å². The summed E-state index contributed by atoms with van der Waals surface area (Å²) < 4.78 is 46.5. The van der Waals surface area contributed by atoms with Gasteiger partial charge in [-0.15, -0.1) is 10.2 Å². The number of alkyl halides is 3. The summed E-state index contributed by atoms with van der Waals surface area (Å²) in [5, 5.41) is 10.9. The van der Waals surface area contributed by atoms with Gasteiger partial charge in [-0.25, -0.2) is 4.68 Å². The molecule has 9 nitrogen and oxygen atoms in total. The zero-order chi connectivity index (χ0) is 21.8. The molecular weight excluding hydrogens is 393 g/mol. The van der Waals surface area contributed by atoms with Gasteiger partial charge in [-0.3, -0.25) is 9.59 Å². The highest BCUT2D eigenvalue weighted by Gasteiger charge is 2.41. The first-order valence-corrected chi connectivity index (χ1v) is 8.70. The Morgan fingerprint density at radius 1 is 1.17 bits per heavy atom. The molecule has 0 aliphatic rings. The predicted octanol–water partition coefficient (Wildman–Crippen LogP) is 1.63. The lowest BCUT2D eigenvalue weighted by atomic mass is 10.2. The molecule has 2 aromatic heterocycles. The van der Waals surface area contributed by atoms with Gasteiger partial charge in [0.2, 0.25) is 11.8 Å². The third-order valence-corrected chi connectivity index (χ3v) is 4.16. The number of likely N-dealkylation sites (N-methyl/N-ethyl adjacent to an activating group) is 2. The van der Waals surface area contributed by atoms with Gasteiger partial charge in [0, 0.05) is 26.2 Å². The maximum atomic E-state index is 13.7.